The third-order valence-corrected chi connectivity index (χ3v) is 4.19. The molecule has 3 heterocycles. The summed E-state index contributed by atoms with van der Waals surface area (Å²) in [6, 6.07) is 2.18. The highest BCUT2D eigenvalue weighted by Crippen LogP contribution is 2.18. The fraction of sp³-hybridized carbons (Fsp3) is 0.714. The molecule has 2 saturated heterocycles. The molecule has 3 rings (SSSR count). The first-order valence-corrected chi connectivity index (χ1v) is 7.55. The van der Waals surface area contributed by atoms with Crippen LogP contribution in [0, 0.1) is 0 Å². The van der Waals surface area contributed by atoms with E-state index in [4.69, 9.17) is 10.5 Å². The van der Waals surface area contributed by atoms with Gasteiger partial charge in [0.15, 0.2) is 0 Å². The van der Waals surface area contributed by atoms with Crippen molar-refractivity contribution in [3.05, 3.63) is 12.3 Å². The van der Waals surface area contributed by atoms with Crippen LogP contribution >= 0.6 is 0 Å². The minimum absolute atomic E-state index is 0.402. The average molecular weight is 293 g/mol. The summed E-state index contributed by atoms with van der Waals surface area (Å²) >= 11 is 0. The maximum absolute atomic E-state index is 10.3. The standard InChI is InChI=1S/C14H23N5O2/c15-13-1-4-16-14(17-13)19-6-5-18(9-12(20)10-19)11-2-7-21-8-3-11/h1,4,11-12,20H,2-3,5-10H2,(H2,15,16,17). The van der Waals surface area contributed by atoms with Gasteiger partial charge in [-0.3, -0.25) is 4.90 Å². The first-order chi connectivity index (χ1) is 10.2. The molecule has 0 aromatic carbocycles. The van der Waals surface area contributed by atoms with Crippen LogP contribution in [-0.4, -0.2) is 71.5 Å². The molecular formula is C14H23N5O2. The molecule has 0 bridgehead atoms. The van der Waals surface area contributed by atoms with Crippen LogP contribution in [0.4, 0.5) is 11.8 Å². The van der Waals surface area contributed by atoms with Gasteiger partial charge in [-0.15, -0.1) is 0 Å². The van der Waals surface area contributed by atoms with E-state index in [1.165, 1.54) is 0 Å². The van der Waals surface area contributed by atoms with Crippen LogP contribution in [0.2, 0.25) is 0 Å². The zero-order chi connectivity index (χ0) is 14.7. The second-order valence-corrected chi connectivity index (χ2v) is 5.72. The van der Waals surface area contributed by atoms with Crippen LogP contribution in [0.15, 0.2) is 12.3 Å². The molecular weight excluding hydrogens is 270 g/mol. The number of ether oxygens (including phenoxy) is 1. The third kappa shape index (κ3) is 3.61. The number of β-amino-alcohol motifs (C(OH)–C–C–N with tert-alkyl or cyclic N) is 1. The SMILES string of the molecule is Nc1ccnc(N2CCN(C3CCOCC3)CC(O)C2)n1. The van der Waals surface area contributed by atoms with Crippen molar-refractivity contribution in [1.82, 2.24) is 14.9 Å². The van der Waals surface area contributed by atoms with E-state index in [0.29, 0.717) is 30.9 Å². The topological polar surface area (TPSA) is 87.7 Å². The minimum atomic E-state index is -0.402. The van der Waals surface area contributed by atoms with Gasteiger partial charge in [-0.05, 0) is 18.9 Å². The van der Waals surface area contributed by atoms with Crippen molar-refractivity contribution >= 4 is 11.8 Å². The fourth-order valence-electron chi connectivity index (χ4n) is 3.09. The lowest BCUT2D eigenvalue weighted by Crippen LogP contribution is -2.43. The van der Waals surface area contributed by atoms with Gasteiger partial charge >= 0.3 is 0 Å². The number of hydrogen-bond acceptors (Lipinski definition) is 7. The average Bonchev–Trinajstić information content (AvgIpc) is 2.70. The first-order valence-electron chi connectivity index (χ1n) is 7.55. The molecule has 116 valence electrons. The number of nitrogens with two attached hydrogens (primary N) is 1. The Kier molecular flexibility index (Phi) is 4.52. The fourth-order valence-corrected chi connectivity index (χ4v) is 3.09. The van der Waals surface area contributed by atoms with Gasteiger partial charge in [0, 0.05) is 51.6 Å². The highest BCUT2D eigenvalue weighted by atomic mass is 16.5. The summed E-state index contributed by atoms with van der Waals surface area (Å²) < 4.78 is 5.42. The van der Waals surface area contributed by atoms with Crippen LogP contribution in [0.3, 0.4) is 0 Å². The van der Waals surface area contributed by atoms with E-state index in [0.717, 1.165) is 39.1 Å². The van der Waals surface area contributed by atoms with E-state index in [2.05, 4.69) is 14.9 Å². The lowest BCUT2D eigenvalue weighted by molar-refractivity contribution is 0.0219. The minimum Gasteiger partial charge on any atom is -0.390 e. The number of nitrogen functional groups attached to an aromatic ring is 1. The zero-order valence-corrected chi connectivity index (χ0v) is 12.2. The van der Waals surface area contributed by atoms with Crippen molar-refractivity contribution in [1.29, 1.82) is 0 Å². The molecule has 2 aliphatic heterocycles. The summed E-state index contributed by atoms with van der Waals surface area (Å²) in [6.45, 7) is 4.59. The van der Waals surface area contributed by atoms with Crippen LogP contribution < -0.4 is 10.6 Å². The molecule has 21 heavy (non-hydrogen) atoms. The first kappa shape index (κ1) is 14.5. The van der Waals surface area contributed by atoms with Crippen LogP contribution in [-0.2, 0) is 4.74 Å². The zero-order valence-electron chi connectivity index (χ0n) is 12.2. The summed E-state index contributed by atoms with van der Waals surface area (Å²) in [5, 5.41) is 10.3. The van der Waals surface area contributed by atoms with Gasteiger partial charge in [0.25, 0.3) is 0 Å². The maximum Gasteiger partial charge on any atom is 0.227 e. The van der Waals surface area contributed by atoms with Gasteiger partial charge in [-0.2, -0.15) is 4.98 Å². The van der Waals surface area contributed by atoms with Gasteiger partial charge in [0.2, 0.25) is 5.95 Å². The summed E-state index contributed by atoms with van der Waals surface area (Å²) in [7, 11) is 0. The molecule has 0 amide bonds. The molecule has 0 aliphatic carbocycles. The molecule has 0 saturated carbocycles. The molecule has 7 heteroatoms. The second-order valence-electron chi connectivity index (χ2n) is 5.72. The Balaban J connectivity index is 1.67. The number of rotatable bonds is 2. The normalized spacial score (nSPS) is 25.8. The van der Waals surface area contributed by atoms with Gasteiger partial charge in [0.05, 0.1) is 6.10 Å². The van der Waals surface area contributed by atoms with Crippen molar-refractivity contribution in [3.63, 3.8) is 0 Å². The Morgan fingerprint density at radius 2 is 2.05 bits per heavy atom. The molecule has 0 spiro atoms. The number of aromatic nitrogens is 2. The number of aliphatic hydroxyl groups is 1. The molecule has 2 aliphatic rings. The molecule has 0 radical (unpaired) electrons. The van der Waals surface area contributed by atoms with Crippen molar-refractivity contribution in [3.8, 4) is 0 Å². The Morgan fingerprint density at radius 1 is 1.24 bits per heavy atom. The predicted molar refractivity (Wildman–Crippen MR) is 80.1 cm³/mol. The van der Waals surface area contributed by atoms with E-state index in [9.17, 15) is 5.11 Å². The van der Waals surface area contributed by atoms with E-state index in [1.54, 1.807) is 12.3 Å². The number of hydrogen-bond donors (Lipinski definition) is 2. The molecule has 7 nitrogen and oxygen atoms in total. The number of anilines is 2. The Labute approximate surface area is 124 Å². The summed E-state index contributed by atoms with van der Waals surface area (Å²) in [4.78, 5) is 12.9. The molecule has 1 unspecified atom stereocenters. The molecule has 1 aromatic heterocycles. The van der Waals surface area contributed by atoms with Gasteiger partial charge in [-0.25, -0.2) is 4.98 Å². The summed E-state index contributed by atoms with van der Waals surface area (Å²) in [5.74, 6) is 1.06. The summed E-state index contributed by atoms with van der Waals surface area (Å²) in [5.41, 5.74) is 5.72. The van der Waals surface area contributed by atoms with Crippen LogP contribution in [0.25, 0.3) is 0 Å². The molecule has 2 fully saturated rings. The van der Waals surface area contributed by atoms with E-state index in [-0.39, 0.29) is 0 Å². The van der Waals surface area contributed by atoms with Crippen molar-refractivity contribution in [2.75, 3.05) is 50.0 Å². The Bertz CT molecular complexity index is 466. The maximum atomic E-state index is 10.3. The van der Waals surface area contributed by atoms with Crippen molar-refractivity contribution in [2.45, 2.75) is 25.0 Å². The Hall–Kier alpha value is -1.44. The quantitative estimate of drug-likeness (QED) is 0.775. The van der Waals surface area contributed by atoms with Crippen molar-refractivity contribution < 1.29 is 9.84 Å². The highest BCUT2D eigenvalue weighted by Gasteiger charge is 2.28. The smallest absolute Gasteiger partial charge is 0.227 e. The van der Waals surface area contributed by atoms with E-state index >= 15 is 0 Å². The van der Waals surface area contributed by atoms with E-state index < -0.39 is 6.10 Å². The highest BCUT2D eigenvalue weighted by molar-refractivity contribution is 5.38. The monoisotopic (exact) mass is 293 g/mol. The number of nitrogens with zero attached hydrogens (tertiary/aromatic N) is 4. The van der Waals surface area contributed by atoms with Gasteiger partial charge in [-0.1, -0.05) is 0 Å². The third-order valence-electron chi connectivity index (χ3n) is 4.19. The Morgan fingerprint density at radius 3 is 2.81 bits per heavy atom. The molecule has 3 N–H and O–H groups in total. The van der Waals surface area contributed by atoms with Crippen LogP contribution in [0.5, 0.6) is 0 Å². The summed E-state index contributed by atoms with van der Waals surface area (Å²) in [6.07, 6.45) is 3.34. The predicted octanol–water partition coefficient (Wildman–Crippen LogP) is -0.279. The van der Waals surface area contributed by atoms with Crippen LogP contribution in [0.1, 0.15) is 12.8 Å². The molecule has 1 aromatic rings. The van der Waals surface area contributed by atoms with Gasteiger partial charge in [0.1, 0.15) is 5.82 Å². The van der Waals surface area contributed by atoms with Gasteiger partial charge < -0.3 is 20.5 Å². The largest absolute Gasteiger partial charge is 0.390 e. The lowest BCUT2D eigenvalue weighted by atomic mass is 10.1. The molecule has 1 atom stereocenters. The second kappa shape index (κ2) is 6.55. The lowest BCUT2D eigenvalue weighted by Gasteiger charge is -2.33. The van der Waals surface area contributed by atoms with Crippen molar-refractivity contribution in [2.24, 2.45) is 0 Å². The number of aliphatic hydroxyl groups excluding tert-OH is 1. The van der Waals surface area contributed by atoms with E-state index in [1.807, 2.05) is 4.90 Å².